The van der Waals surface area contributed by atoms with E-state index in [1.807, 2.05) is 4.57 Å². The molecule has 3 aromatic rings. The van der Waals surface area contributed by atoms with Crippen molar-refractivity contribution < 1.29 is 5.11 Å². The van der Waals surface area contributed by atoms with Crippen LogP contribution in [0.25, 0.3) is 11.0 Å². The van der Waals surface area contributed by atoms with Crippen molar-refractivity contribution in [3.05, 3.63) is 42.2 Å². The Labute approximate surface area is 116 Å². The maximum absolute atomic E-state index is 10.2. The van der Waals surface area contributed by atoms with Gasteiger partial charge in [-0.1, -0.05) is 0 Å². The predicted octanol–water partition coefficient (Wildman–Crippen LogP) is 1.31. The molecule has 20 heavy (non-hydrogen) atoms. The molecule has 0 aliphatic carbocycles. The molecule has 1 unspecified atom stereocenters. The van der Waals surface area contributed by atoms with Gasteiger partial charge in [0.25, 0.3) is 0 Å². The van der Waals surface area contributed by atoms with E-state index in [1.165, 1.54) is 11.1 Å². The number of hydrogen-bond acceptors (Lipinski definition) is 4. The zero-order chi connectivity index (χ0) is 14.1. The molecule has 0 aliphatic heterocycles. The number of aliphatic hydroxyl groups excluding tert-OH is 1. The van der Waals surface area contributed by atoms with Crippen molar-refractivity contribution in [2.24, 2.45) is 0 Å². The molecule has 0 spiro atoms. The Hall–Kier alpha value is -2.21. The van der Waals surface area contributed by atoms with Gasteiger partial charge in [0, 0.05) is 0 Å². The first-order valence-electron chi connectivity index (χ1n) is 6.56. The largest absolute Gasteiger partial charge is 0.389 e. The molecule has 0 fully saturated rings. The molecule has 0 saturated carbocycles. The van der Waals surface area contributed by atoms with Crippen LogP contribution >= 0.6 is 0 Å². The van der Waals surface area contributed by atoms with Crippen molar-refractivity contribution in [2.45, 2.75) is 33.0 Å². The van der Waals surface area contributed by atoms with Crippen molar-refractivity contribution in [1.82, 2.24) is 24.3 Å². The van der Waals surface area contributed by atoms with Crippen molar-refractivity contribution in [2.75, 3.05) is 0 Å². The second-order valence-electron chi connectivity index (χ2n) is 5.13. The Kier molecular flexibility index (Phi) is 3.23. The van der Waals surface area contributed by atoms with Crippen molar-refractivity contribution in [1.29, 1.82) is 0 Å². The topological polar surface area (TPSA) is 68.8 Å². The molecule has 1 N–H and O–H groups in total. The summed E-state index contributed by atoms with van der Waals surface area (Å²) in [7, 11) is 0. The molecular weight excluding hydrogens is 254 g/mol. The molecular formula is C14H17N5O. The van der Waals surface area contributed by atoms with Crippen LogP contribution in [-0.2, 0) is 13.1 Å². The summed E-state index contributed by atoms with van der Waals surface area (Å²) in [6.45, 7) is 5.13. The predicted molar refractivity (Wildman–Crippen MR) is 75.2 cm³/mol. The van der Waals surface area contributed by atoms with Gasteiger partial charge in [-0.3, -0.25) is 0 Å². The van der Waals surface area contributed by atoms with E-state index in [0.29, 0.717) is 13.1 Å². The highest BCUT2D eigenvalue weighted by atomic mass is 16.3. The van der Waals surface area contributed by atoms with Crippen LogP contribution in [0.1, 0.15) is 11.1 Å². The SMILES string of the molecule is Cc1cc2ncn(CC(O)Cn3cnnc3)c2cc1C. The molecule has 6 heteroatoms. The number of aryl methyl sites for hydroxylation is 2. The Morgan fingerprint density at radius 2 is 1.75 bits per heavy atom. The number of aliphatic hydroxyl groups is 1. The maximum atomic E-state index is 10.2. The molecule has 1 atom stereocenters. The van der Waals surface area contributed by atoms with Crippen molar-refractivity contribution in [3.8, 4) is 0 Å². The summed E-state index contributed by atoms with van der Waals surface area (Å²) >= 11 is 0. The third kappa shape index (κ3) is 2.42. The van der Waals surface area contributed by atoms with Gasteiger partial charge in [0.15, 0.2) is 0 Å². The fraction of sp³-hybridized carbons (Fsp3) is 0.357. The van der Waals surface area contributed by atoms with E-state index in [0.717, 1.165) is 11.0 Å². The molecule has 104 valence electrons. The van der Waals surface area contributed by atoms with Gasteiger partial charge in [-0.25, -0.2) is 4.98 Å². The van der Waals surface area contributed by atoms with Crippen molar-refractivity contribution >= 4 is 11.0 Å². The van der Waals surface area contributed by atoms with E-state index in [4.69, 9.17) is 0 Å². The molecule has 1 aromatic carbocycles. The first-order valence-corrected chi connectivity index (χ1v) is 6.56. The van der Waals surface area contributed by atoms with Crippen LogP contribution in [0.3, 0.4) is 0 Å². The number of hydrogen-bond donors (Lipinski definition) is 1. The van der Waals surface area contributed by atoms with Crippen LogP contribution in [0.15, 0.2) is 31.1 Å². The third-order valence-electron chi connectivity index (χ3n) is 3.53. The molecule has 0 aliphatic rings. The van der Waals surface area contributed by atoms with Crippen LogP contribution in [0.5, 0.6) is 0 Å². The third-order valence-corrected chi connectivity index (χ3v) is 3.53. The molecule has 0 radical (unpaired) electrons. The fourth-order valence-corrected chi connectivity index (χ4v) is 2.30. The second-order valence-corrected chi connectivity index (χ2v) is 5.13. The average molecular weight is 271 g/mol. The lowest BCUT2D eigenvalue weighted by Gasteiger charge is -2.12. The van der Waals surface area contributed by atoms with Gasteiger partial charge in [-0.05, 0) is 37.1 Å². The zero-order valence-electron chi connectivity index (χ0n) is 11.6. The van der Waals surface area contributed by atoms with Crippen LogP contribution in [-0.4, -0.2) is 35.5 Å². The number of nitrogens with zero attached hydrogens (tertiary/aromatic N) is 5. The van der Waals surface area contributed by atoms with Crippen LogP contribution in [0.4, 0.5) is 0 Å². The van der Waals surface area contributed by atoms with Crippen molar-refractivity contribution in [3.63, 3.8) is 0 Å². The van der Waals surface area contributed by atoms with Crippen LogP contribution in [0.2, 0.25) is 0 Å². The lowest BCUT2D eigenvalue weighted by atomic mass is 10.1. The van der Waals surface area contributed by atoms with E-state index in [1.54, 1.807) is 23.5 Å². The van der Waals surface area contributed by atoms with Gasteiger partial charge in [-0.2, -0.15) is 0 Å². The van der Waals surface area contributed by atoms with Gasteiger partial charge in [0.2, 0.25) is 0 Å². The Balaban J connectivity index is 1.82. The quantitative estimate of drug-likeness (QED) is 0.776. The number of aromatic nitrogens is 5. The standard InChI is InChI=1S/C14H17N5O/c1-10-3-13-14(4-11(10)2)19(7-15-13)6-12(20)5-18-8-16-17-9-18/h3-4,7-9,12,20H,5-6H2,1-2H3. The van der Waals surface area contributed by atoms with E-state index < -0.39 is 6.10 Å². The first-order chi connectivity index (χ1) is 9.63. The van der Waals surface area contributed by atoms with E-state index in [2.05, 4.69) is 41.2 Å². The molecule has 0 saturated heterocycles. The first kappa shape index (κ1) is 12.8. The second kappa shape index (κ2) is 5.05. The number of benzene rings is 1. The average Bonchev–Trinajstić information content (AvgIpc) is 3.02. The van der Waals surface area contributed by atoms with Crippen LogP contribution in [0, 0.1) is 13.8 Å². The highest BCUT2D eigenvalue weighted by Crippen LogP contribution is 2.18. The molecule has 2 heterocycles. The zero-order valence-corrected chi connectivity index (χ0v) is 11.6. The summed E-state index contributed by atoms with van der Waals surface area (Å²) in [6.07, 6.45) is 4.47. The van der Waals surface area contributed by atoms with Gasteiger partial charge >= 0.3 is 0 Å². The maximum Gasteiger partial charge on any atom is 0.119 e. The van der Waals surface area contributed by atoms with E-state index in [9.17, 15) is 5.11 Å². The minimum absolute atomic E-state index is 0.470. The molecule has 3 rings (SSSR count). The van der Waals surface area contributed by atoms with Gasteiger partial charge in [0.1, 0.15) is 12.7 Å². The van der Waals surface area contributed by atoms with E-state index in [-0.39, 0.29) is 0 Å². The Morgan fingerprint density at radius 1 is 1.05 bits per heavy atom. The Bertz CT molecular complexity index is 717. The smallest absolute Gasteiger partial charge is 0.119 e. The molecule has 0 bridgehead atoms. The lowest BCUT2D eigenvalue weighted by Crippen LogP contribution is -2.21. The molecule has 6 nitrogen and oxygen atoms in total. The molecule has 0 amide bonds. The van der Waals surface area contributed by atoms with E-state index >= 15 is 0 Å². The summed E-state index contributed by atoms with van der Waals surface area (Å²) in [5.74, 6) is 0. The summed E-state index contributed by atoms with van der Waals surface area (Å²) in [4.78, 5) is 4.39. The number of imidazole rings is 1. The van der Waals surface area contributed by atoms with Crippen LogP contribution < -0.4 is 0 Å². The van der Waals surface area contributed by atoms with Gasteiger partial charge < -0.3 is 14.2 Å². The lowest BCUT2D eigenvalue weighted by molar-refractivity contribution is 0.135. The monoisotopic (exact) mass is 271 g/mol. The summed E-state index contributed by atoms with van der Waals surface area (Å²) in [6, 6.07) is 4.19. The Morgan fingerprint density at radius 3 is 2.50 bits per heavy atom. The normalized spacial score (nSPS) is 12.9. The summed E-state index contributed by atoms with van der Waals surface area (Å²) in [5, 5.41) is 17.6. The minimum Gasteiger partial charge on any atom is -0.389 e. The summed E-state index contributed by atoms with van der Waals surface area (Å²) in [5.41, 5.74) is 4.47. The highest BCUT2D eigenvalue weighted by molar-refractivity contribution is 5.77. The fourth-order valence-electron chi connectivity index (χ4n) is 2.30. The minimum atomic E-state index is -0.509. The highest BCUT2D eigenvalue weighted by Gasteiger charge is 2.10. The number of fused-ring (bicyclic) bond motifs is 1. The number of rotatable bonds is 4. The van der Waals surface area contributed by atoms with Gasteiger partial charge in [0.05, 0.1) is 36.6 Å². The molecule has 2 aromatic heterocycles. The van der Waals surface area contributed by atoms with Gasteiger partial charge in [-0.15, -0.1) is 10.2 Å². The summed E-state index contributed by atoms with van der Waals surface area (Å²) < 4.78 is 3.75.